The highest BCUT2D eigenvalue weighted by Gasteiger charge is 2.46. The molecule has 0 saturated carbocycles. The lowest BCUT2D eigenvalue weighted by Crippen LogP contribution is -2.39. The number of ether oxygens (including phenoxy) is 3. The van der Waals surface area contributed by atoms with Crippen LogP contribution in [0.5, 0.6) is 0 Å². The quantitative estimate of drug-likeness (QED) is 0.542. The van der Waals surface area contributed by atoms with Gasteiger partial charge in [0.25, 0.3) is 5.91 Å². The van der Waals surface area contributed by atoms with Crippen LogP contribution < -0.4 is 5.32 Å². The van der Waals surface area contributed by atoms with Crippen molar-refractivity contribution in [3.63, 3.8) is 0 Å². The fourth-order valence-corrected chi connectivity index (χ4v) is 2.90. The van der Waals surface area contributed by atoms with Crippen molar-refractivity contribution in [1.82, 2.24) is 14.5 Å². The molecule has 0 bridgehead atoms. The monoisotopic (exact) mass is 342 g/mol. The highest BCUT2D eigenvalue weighted by molar-refractivity contribution is 5.98. The maximum atomic E-state index is 12.1. The summed E-state index contributed by atoms with van der Waals surface area (Å²) in [5.74, 6) is 0.276. The number of imidazole rings is 1. The second-order valence-corrected chi connectivity index (χ2v) is 5.75. The third-order valence-corrected chi connectivity index (χ3v) is 4.19. The summed E-state index contributed by atoms with van der Waals surface area (Å²) in [4.78, 5) is 17.7. The molecule has 1 saturated heterocycles. The van der Waals surface area contributed by atoms with Gasteiger partial charge in [-0.1, -0.05) is 0 Å². The first-order valence-electron chi connectivity index (χ1n) is 7.69. The number of anilines is 1. The average molecular weight is 342 g/mol. The Labute approximate surface area is 138 Å². The second kappa shape index (κ2) is 7.03. The van der Waals surface area contributed by atoms with E-state index in [1.807, 2.05) is 0 Å². The number of aromatic nitrogens is 2. The Morgan fingerprint density at radius 1 is 1.50 bits per heavy atom. The summed E-state index contributed by atoms with van der Waals surface area (Å²) in [5, 5.41) is 23.1. The van der Waals surface area contributed by atoms with Gasteiger partial charge in [-0.05, 0) is 0 Å². The Kier molecular flexibility index (Phi) is 5.01. The number of methoxy groups -OCH3 is 1. The number of carbonyl (C=O) groups is 1. The van der Waals surface area contributed by atoms with Crippen LogP contribution in [0.4, 0.5) is 5.82 Å². The van der Waals surface area contributed by atoms with Gasteiger partial charge < -0.3 is 34.6 Å². The van der Waals surface area contributed by atoms with E-state index in [0.29, 0.717) is 19.1 Å². The molecular formula is C14H22N4O6. The summed E-state index contributed by atoms with van der Waals surface area (Å²) in [5.41, 5.74) is 0.267. The minimum atomic E-state index is -1.02. The molecule has 4 atom stereocenters. The molecule has 134 valence electrons. The number of carbonyl (C=O) groups excluding carboxylic acids is 1. The van der Waals surface area contributed by atoms with Crippen LogP contribution in [0.3, 0.4) is 0 Å². The van der Waals surface area contributed by atoms with Crippen molar-refractivity contribution in [3.8, 4) is 0 Å². The number of rotatable bonds is 6. The molecular weight excluding hydrogens is 320 g/mol. The van der Waals surface area contributed by atoms with E-state index in [2.05, 4.69) is 10.3 Å². The fourth-order valence-electron chi connectivity index (χ4n) is 2.90. The number of nitrogens with zero attached hydrogens (tertiary/aromatic N) is 3. The lowest BCUT2D eigenvalue weighted by Gasteiger charge is -2.26. The van der Waals surface area contributed by atoms with E-state index in [-0.39, 0.29) is 24.8 Å². The van der Waals surface area contributed by atoms with Gasteiger partial charge in [-0.15, -0.1) is 0 Å². The van der Waals surface area contributed by atoms with E-state index in [9.17, 15) is 15.0 Å². The topological polar surface area (TPSA) is 118 Å². The van der Waals surface area contributed by atoms with Crippen LogP contribution >= 0.6 is 0 Å². The van der Waals surface area contributed by atoms with Crippen molar-refractivity contribution < 1.29 is 29.2 Å². The number of hydrogen-bond acceptors (Lipinski definition) is 8. The van der Waals surface area contributed by atoms with Gasteiger partial charge in [-0.25, -0.2) is 4.98 Å². The summed E-state index contributed by atoms with van der Waals surface area (Å²) in [6, 6.07) is 0. The van der Waals surface area contributed by atoms with E-state index in [1.165, 1.54) is 11.2 Å². The van der Waals surface area contributed by atoms with Crippen LogP contribution in [0.25, 0.3) is 0 Å². The van der Waals surface area contributed by atoms with Crippen LogP contribution in [0.2, 0.25) is 0 Å². The standard InChI is InChI=1S/C14H22N4O6/c1-17-6-16-12-9(13(17)21)15-7-18(12)14-10(20)11(8(5-19)24-14)23-4-3-22-2/h7-8,10-11,14,16,19-20H,3-6H2,1-2H3/t8-,10-,11-,14-/m1/s1. The van der Waals surface area contributed by atoms with Gasteiger partial charge in [0, 0.05) is 14.2 Å². The fraction of sp³-hybridized carbons (Fsp3) is 0.714. The van der Waals surface area contributed by atoms with E-state index in [0.717, 1.165) is 0 Å². The zero-order valence-electron chi connectivity index (χ0n) is 13.6. The molecule has 2 aliphatic rings. The first-order valence-corrected chi connectivity index (χ1v) is 7.69. The molecule has 1 aromatic heterocycles. The minimum Gasteiger partial charge on any atom is -0.394 e. The van der Waals surface area contributed by atoms with Gasteiger partial charge in [0.1, 0.15) is 24.1 Å². The van der Waals surface area contributed by atoms with Crippen molar-refractivity contribution in [2.45, 2.75) is 24.5 Å². The van der Waals surface area contributed by atoms with Crippen LogP contribution in [-0.2, 0) is 14.2 Å². The molecule has 3 rings (SSSR count). The molecule has 10 heteroatoms. The lowest BCUT2D eigenvalue weighted by molar-refractivity contribution is -0.0679. The van der Waals surface area contributed by atoms with Crippen LogP contribution in [-0.4, -0.2) is 89.5 Å². The molecule has 10 nitrogen and oxygen atoms in total. The Morgan fingerprint density at radius 2 is 2.29 bits per heavy atom. The Bertz CT molecular complexity index is 594. The normalized spacial score (nSPS) is 29.7. The van der Waals surface area contributed by atoms with Crippen LogP contribution in [0.1, 0.15) is 16.7 Å². The minimum absolute atomic E-state index is 0.207. The van der Waals surface area contributed by atoms with Gasteiger partial charge in [-0.3, -0.25) is 9.36 Å². The van der Waals surface area contributed by atoms with E-state index in [4.69, 9.17) is 14.2 Å². The molecule has 2 aliphatic heterocycles. The highest BCUT2D eigenvalue weighted by atomic mass is 16.6. The zero-order chi connectivity index (χ0) is 17.3. The van der Waals surface area contributed by atoms with Crippen molar-refractivity contribution in [1.29, 1.82) is 0 Å². The summed E-state index contributed by atoms with van der Waals surface area (Å²) in [7, 11) is 3.22. The van der Waals surface area contributed by atoms with Gasteiger partial charge in [0.15, 0.2) is 11.9 Å². The summed E-state index contributed by atoms with van der Waals surface area (Å²) in [6.07, 6.45) is -1.77. The highest BCUT2D eigenvalue weighted by Crippen LogP contribution is 2.35. The molecule has 1 aromatic rings. The molecule has 0 radical (unpaired) electrons. The lowest BCUT2D eigenvalue weighted by atomic mass is 10.1. The van der Waals surface area contributed by atoms with Crippen LogP contribution in [0.15, 0.2) is 6.33 Å². The Hall–Kier alpha value is -1.72. The van der Waals surface area contributed by atoms with Crippen molar-refractivity contribution in [3.05, 3.63) is 12.0 Å². The SMILES string of the molecule is COCCO[C@H]1[C@@H](O)[C@H](n2cnc3c2NCN(C)C3=O)O[C@@H]1CO. The van der Waals surface area contributed by atoms with Gasteiger partial charge in [0.2, 0.25) is 0 Å². The summed E-state index contributed by atoms with van der Waals surface area (Å²) in [6.45, 7) is 0.679. The maximum absolute atomic E-state index is 12.1. The summed E-state index contributed by atoms with van der Waals surface area (Å²) >= 11 is 0. The van der Waals surface area contributed by atoms with Gasteiger partial charge in [-0.2, -0.15) is 0 Å². The van der Waals surface area contributed by atoms with Crippen molar-refractivity contribution in [2.24, 2.45) is 0 Å². The predicted octanol–water partition coefficient (Wildman–Crippen LogP) is -1.38. The second-order valence-electron chi connectivity index (χ2n) is 5.75. The van der Waals surface area contributed by atoms with Crippen LogP contribution in [0, 0.1) is 0 Å². The van der Waals surface area contributed by atoms with Crippen molar-refractivity contribution >= 4 is 11.7 Å². The number of nitrogens with one attached hydrogen (secondary N) is 1. The molecule has 0 spiro atoms. The predicted molar refractivity (Wildman–Crippen MR) is 81.4 cm³/mol. The van der Waals surface area contributed by atoms with E-state index in [1.54, 1.807) is 18.7 Å². The summed E-state index contributed by atoms with van der Waals surface area (Å²) < 4.78 is 17.8. The maximum Gasteiger partial charge on any atom is 0.277 e. The third kappa shape index (κ3) is 2.87. The zero-order valence-corrected chi connectivity index (χ0v) is 13.6. The van der Waals surface area contributed by atoms with Gasteiger partial charge >= 0.3 is 0 Å². The average Bonchev–Trinajstić information content (AvgIpc) is 3.13. The van der Waals surface area contributed by atoms with E-state index < -0.39 is 24.5 Å². The largest absolute Gasteiger partial charge is 0.394 e. The number of hydrogen-bond donors (Lipinski definition) is 3. The molecule has 24 heavy (non-hydrogen) atoms. The smallest absolute Gasteiger partial charge is 0.277 e. The first kappa shape index (κ1) is 17.1. The molecule has 0 unspecified atom stereocenters. The number of aliphatic hydroxyl groups is 2. The first-order chi connectivity index (χ1) is 11.6. The number of fused-ring (bicyclic) bond motifs is 1. The molecule has 1 fully saturated rings. The number of amides is 1. The van der Waals surface area contributed by atoms with E-state index >= 15 is 0 Å². The molecule has 3 heterocycles. The molecule has 3 N–H and O–H groups in total. The van der Waals surface area contributed by atoms with Gasteiger partial charge in [0.05, 0.1) is 32.8 Å². The van der Waals surface area contributed by atoms with Crippen molar-refractivity contribution in [2.75, 3.05) is 46.0 Å². The molecule has 1 amide bonds. The number of aliphatic hydroxyl groups excluding tert-OH is 2. The third-order valence-electron chi connectivity index (χ3n) is 4.19. The molecule has 0 aliphatic carbocycles. The molecule has 0 aromatic carbocycles. The Balaban J connectivity index is 1.80. The Morgan fingerprint density at radius 3 is 3.00 bits per heavy atom.